The summed E-state index contributed by atoms with van der Waals surface area (Å²) >= 11 is 5.97. The minimum atomic E-state index is -0.207. The monoisotopic (exact) mass is 257 g/mol. The molecule has 0 aliphatic carbocycles. The molecule has 0 aromatic heterocycles. The van der Waals surface area contributed by atoms with Gasteiger partial charge in [0, 0.05) is 17.1 Å². The molecule has 1 aromatic rings. The van der Waals surface area contributed by atoms with Crippen LogP contribution in [0.4, 0.5) is 0 Å². The number of hydrogen-bond donors (Lipinski definition) is 2. The molecule has 17 heavy (non-hydrogen) atoms. The summed E-state index contributed by atoms with van der Waals surface area (Å²) < 4.78 is 5.63. The van der Waals surface area contributed by atoms with Gasteiger partial charge in [-0.2, -0.15) is 0 Å². The minimum absolute atomic E-state index is 0.00442. The van der Waals surface area contributed by atoms with Gasteiger partial charge in [0.25, 0.3) is 0 Å². The number of ether oxygens (including phenoxy) is 1. The van der Waals surface area contributed by atoms with Crippen LogP contribution in [-0.2, 0) is 6.54 Å². The van der Waals surface area contributed by atoms with Crippen molar-refractivity contribution in [3.05, 3.63) is 28.8 Å². The van der Waals surface area contributed by atoms with Gasteiger partial charge in [-0.05, 0) is 38.1 Å². The molecule has 1 unspecified atom stereocenters. The van der Waals surface area contributed by atoms with Gasteiger partial charge in [0.15, 0.2) is 0 Å². The summed E-state index contributed by atoms with van der Waals surface area (Å²) in [6.45, 7) is 5.64. The molecule has 0 spiro atoms. The molecule has 96 valence electrons. The quantitative estimate of drug-likeness (QED) is 0.738. The van der Waals surface area contributed by atoms with Crippen LogP contribution in [0.5, 0.6) is 5.75 Å². The van der Waals surface area contributed by atoms with Crippen molar-refractivity contribution in [1.82, 2.24) is 5.32 Å². The molecule has 1 rings (SSSR count). The van der Waals surface area contributed by atoms with Gasteiger partial charge >= 0.3 is 0 Å². The van der Waals surface area contributed by atoms with Crippen LogP contribution in [0, 0.1) is 0 Å². The number of rotatable bonds is 7. The van der Waals surface area contributed by atoms with Crippen LogP contribution < -0.4 is 10.1 Å². The molecule has 0 radical (unpaired) electrons. The lowest BCUT2D eigenvalue weighted by Crippen LogP contribution is -2.19. The van der Waals surface area contributed by atoms with Gasteiger partial charge in [-0.3, -0.25) is 0 Å². The number of halogens is 1. The Balaban J connectivity index is 2.72. The Morgan fingerprint density at radius 2 is 2.24 bits per heavy atom. The van der Waals surface area contributed by atoms with Crippen molar-refractivity contribution in [2.24, 2.45) is 0 Å². The second-order valence-corrected chi connectivity index (χ2v) is 4.48. The SMILES string of the molecule is CCCNCc1cc(Cl)ccc1OC(C)CO. The van der Waals surface area contributed by atoms with E-state index in [-0.39, 0.29) is 12.7 Å². The fourth-order valence-electron chi connectivity index (χ4n) is 1.45. The number of benzene rings is 1. The maximum Gasteiger partial charge on any atom is 0.124 e. The van der Waals surface area contributed by atoms with Crippen molar-refractivity contribution in [3.8, 4) is 5.75 Å². The van der Waals surface area contributed by atoms with Gasteiger partial charge in [-0.15, -0.1) is 0 Å². The fourth-order valence-corrected chi connectivity index (χ4v) is 1.65. The predicted octanol–water partition coefficient (Wildman–Crippen LogP) is 2.60. The van der Waals surface area contributed by atoms with Crippen molar-refractivity contribution in [2.75, 3.05) is 13.2 Å². The molecular weight excluding hydrogens is 238 g/mol. The van der Waals surface area contributed by atoms with E-state index in [1.165, 1.54) is 0 Å². The van der Waals surface area contributed by atoms with Gasteiger partial charge in [0.2, 0.25) is 0 Å². The maximum atomic E-state index is 8.99. The number of aliphatic hydroxyl groups is 1. The van der Waals surface area contributed by atoms with E-state index in [0.29, 0.717) is 5.02 Å². The first-order valence-corrected chi connectivity index (χ1v) is 6.31. The molecule has 0 heterocycles. The molecule has 0 saturated heterocycles. The van der Waals surface area contributed by atoms with Crippen LogP contribution >= 0.6 is 11.6 Å². The average molecular weight is 258 g/mol. The number of hydrogen-bond acceptors (Lipinski definition) is 3. The number of aliphatic hydroxyl groups excluding tert-OH is 1. The van der Waals surface area contributed by atoms with Gasteiger partial charge in [-0.1, -0.05) is 18.5 Å². The summed E-state index contributed by atoms with van der Waals surface area (Å²) in [5, 5.41) is 13.0. The van der Waals surface area contributed by atoms with Gasteiger partial charge < -0.3 is 15.2 Å². The van der Waals surface area contributed by atoms with Crippen molar-refractivity contribution < 1.29 is 9.84 Å². The zero-order valence-electron chi connectivity index (χ0n) is 10.4. The van der Waals surface area contributed by atoms with Crippen LogP contribution in [-0.4, -0.2) is 24.4 Å². The molecule has 0 fully saturated rings. The zero-order chi connectivity index (χ0) is 12.7. The minimum Gasteiger partial charge on any atom is -0.488 e. The third kappa shape index (κ3) is 4.94. The summed E-state index contributed by atoms with van der Waals surface area (Å²) in [6.07, 6.45) is 0.880. The zero-order valence-corrected chi connectivity index (χ0v) is 11.1. The van der Waals surface area contributed by atoms with Crippen molar-refractivity contribution in [1.29, 1.82) is 0 Å². The van der Waals surface area contributed by atoms with Crippen LogP contribution in [0.1, 0.15) is 25.8 Å². The van der Waals surface area contributed by atoms with E-state index in [4.69, 9.17) is 21.4 Å². The summed E-state index contributed by atoms with van der Waals surface area (Å²) in [7, 11) is 0. The fraction of sp³-hybridized carbons (Fsp3) is 0.538. The third-order valence-electron chi connectivity index (χ3n) is 2.35. The van der Waals surface area contributed by atoms with Crippen LogP contribution in [0.15, 0.2) is 18.2 Å². The Hall–Kier alpha value is -0.770. The molecular formula is C13H20ClNO2. The molecule has 1 aromatic carbocycles. The summed E-state index contributed by atoms with van der Waals surface area (Å²) in [5.41, 5.74) is 1.02. The Morgan fingerprint density at radius 1 is 1.47 bits per heavy atom. The standard InChI is InChI=1S/C13H20ClNO2/c1-3-6-15-8-11-7-12(14)4-5-13(11)17-10(2)9-16/h4-5,7,10,15-16H,3,6,8-9H2,1-2H3. The second-order valence-electron chi connectivity index (χ2n) is 4.04. The first kappa shape index (κ1) is 14.3. The Morgan fingerprint density at radius 3 is 2.88 bits per heavy atom. The first-order chi connectivity index (χ1) is 8.17. The van der Waals surface area contributed by atoms with E-state index in [1.54, 1.807) is 6.07 Å². The average Bonchev–Trinajstić information content (AvgIpc) is 2.32. The lowest BCUT2D eigenvalue weighted by atomic mass is 10.2. The topological polar surface area (TPSA) is 41.5 Å². The predicted molar refractivity (Wildman–Crippen MR) is 70.6 cm³/mol. The Kier molecular flexibility index (Phi) is 6.34. The van der Waals surface area contributed by atoms with E-state index in [1.807, 2.05) is 19.1 Å². The van der Waals surface area contributed by atoms with Crippen LogP contribution in [0.2, 0.25) is 5.02 Å². The highest BCUT2D eigenvalue weighted by Crippen LogP contribution is 2.23. The molecule has 0 aliphatic rings. The molecule has 3 nitrogen and oxygen atoms in total. The normalized spacial score (nSPS) is 12.5. The smallest absolute Gasteiger partial charge is 0.124 e. The highest BCUT2D eigenvalue weighted by molar-refractivity contribution is 6.30. The maximum absolute atomic E-state index is 8.99. The number of nitrogens with one attached hydrogen (secondary N) is 1. The molecule has 0 amide bonds. The highest BCUT2D eigenvalue weighted by atomic mass is 35.5. The van der Waals surface area contributed by atoms with Gasteiger partial charge in [-0.25, -0.2) is 0 Å². The van der Waals surface area contributed by atoms with Crippen LogP contribution in [0.25, 0.3) is 0 Å². The first-order valence-electron chi connectivity index (χ1n) is 5.94. The third-order valence-corrected chi connectivity index (χ3v) is 2.59. The molecule has 2 N–H and O–H groups in total. The molecule has 1 atom stereocenters. The van der Waals surface area contributed by atoms with Crippen LogP contribution in [0.3, 0.4) is 0 Å². The lowest BCUT2D eigenvalue weighted by molar-refractivity contribution is 0.128. The summed E-state index contributed by atoms with van der Waals surface area (Å²) in [4.78, 5) is 0. The van der Waals surface area contributed by atoms with Crippen molar-refractivity contribution in [3.63, 3.8) is 0 Å². The van der Waals surface area contributed by atoms with Gasteiger partial charge in [0.05, 0.1) is 6.61 Å². The molecule has 0 saturated carbocycles. The molecule has 4 heteroatoms. The van der Waals surface area contributed by atoms with E-state index >= 15 is 0 Å². The second kappa shape index (κ2) is 7.54. The largest absolute Gasteiger partial charge is 0.488 e. The van der Waals surface area contributed by atoms with E-state index in [9.17, 15) is 0 Å². The van der Waals surface area contributed by atoms with E-state index in [2.05, 4.69) is 12.2 Å². The Labute approximate surface area is 108 Å². The highest BCUT2D eigenvalue weighted by Gasteiger charge is 2.08. The Bertz CT molecular complexity index is 344. The van der Waals surface area contributed by atoms with E-state index in [0.717, 1.165) is 30.8 Å². The van der Waals surface area contributed by atoms with E-state index < -0.39 is 0 Å². The van der Waals surface area contributed by atoms with Crippen molar-refractivity contribution in [2.45, 2.75) is 32.9 Å². The summed E-state index contributed by atoms with van der Waals surface area (Å²) in [6, 6.07) is 5.53. The lowest BCUT2D eigenvalue weighted by Gasteiger charge is -2.16. The molecule has 0 bridgehead atoms. The summed E-state index contributed by atoms with van der Waals surface area (Å²) in [5.74, 6) is 0.777. The van der Waals surface area contributed by atoms with Gasteiger partial charge in [0.1, 0.15) is 11.9 Å². The molecule has 0 aliphatic heterocycles. The van der Waals surface area contributed by atoms with Crippen molar-refractivity contribution >= 4 is 11.6 Å².